The molecule has 0 aliphatic heterocycles. The second-order valence-corrected chi connectivity index (χ2v) is 4.19. The lowest BCUT2D eigenvalue weighted by atomic mass is 10.1. The minimum atomic E-state index is -0.638. The van der Waals surface area contributed by atoms with Crippen molar-refractivity contribution in [2.45, 2.75) is 6.42 Å². The predicted octanol–water partition coefficient (Wildman–Crippen LogP) is 1.18. The highest BCUT2D eigenvalue weighted by atomic mass is 16.6. The molecule has 0 spiro atoms. The standard InChI is InChI=1S/C13H16N4O4/c1-21-9-8-16(7-3-6-14)13(18)10-4-2-5-11(12(10)15)17(19)20/h2,4-5H,3,7-9,15H2,1H3. The molecule has 0 saturated heterocycles. The van der Waals surface area contributed by atoms with E-state index < -0.39 is 10.8 Å². The number of ether oxygens (including phenoxy) is 1. The summed E-state index contributed by atoms with van der Waals surface area (Å²) in [5.74, 6) is -0.455. The maximum Gasteiger partial charge on any atom is 0.292 e. The molecule has 0 atom stereocenters. The molecule has 112 valence electrons. The Bertz CT molecular complexity index is 568. The van der Waals surface area contributed by atoms with Crippen molar-refractivity contribution in [2.24, 2.45) is 0 Å². The van der Waals surface area contributed by atoms with Gasteiger partial charge in [0.15, 0.2) is 0 Å². The van der Waals surface area contributed by atoms with Crippen LogP contribution in [-0.2, 0) is 4.74 Å². The van der Waals surface area contributed by atoms with E-state index in [-0.39, 0.29) is 36.4 Å². The van der Waals surface area contributed by atoms with Crippen molar-refractivity contribution in [3.8, 4) is 6.07 Å². The van der Waals surface area contributed by atoms with E-state index >= 15 is 0 Å². The first-order chi connectivity index (χ1) is 10.0. The first kappa shape index (κ1) is 16.4. The average Bonchev–Trinajstić information content (AvgIpc) is 2.46. The van der Waals surface area contributed by atoms with Gasteiger partial charge in [-0.15, -0.1) is 0 Å². The Morgan fingerprint density at radius 3 is 2.81 bits per heavy atom. The van der Waals surface area contributed by atoms with E-state index in [1.165, 1.54) is 30.2 Å². The van der Waals surface area contributed by atoms with Gasteiger partial charge in [-0.05, 0) is 6.07 Å². The van der Waals surface area contributed by atoms with Crippen LogP contribution in [0.25, 0.3) is 0 Å². The molecule has 0 fully saturated rings. The number of carbonyl (C=O) groups excluding carboxylic acids is 1. The summed E-state index contributed by atoms with van der Waals surface area (Å²) in [7, 11) is 1.49. The molecular formula is C13H16N4O4. The number of benzene rings is 1. The van der Waals surface area contributed by atoms with Gasteiger partial charge in [0.05, 0.1) is 29.6 Å². The highest BCUT2D eigenvalue weighted by molar-refractivity contribution is 6.01. The molecule has 1 aromatic rings. The fraction of sp³-hybridized carbons (Fsp3) is 0.385. The van der Waals surface area contributed by atoms with Crippen molar-refractivity contribution in [1.29, 1.82) is 5.26 Å². The molecule has 1 amide bonds. The highest BCUT2D eigenvalue weighted by Crippen LogP contribution is 2.25. The maximum absolute atomic E-state index is 12.4. The van der Waals surface area contributed by atoms with Gasteiger partial charge < -0.3 is 15.4 Å². The molecule has 1 aromatic carbocycles. The van der Waals surface area contributed by atoms with Crippen LogP contribution in [0, 0.1) is 21.4 Å². The summed E-state index contributed by atoms with van der Waals surface area (Å²) in [6.07, 6.45) is 0.157. The molecule has 2 N–H and O–H groups in total. The fourth-order valence-electron chi connectivity index (χ4n) is 1.77. The van der Waals surface area contributed by atoms with Crippen molar-refractivity contribution in [2.75, 3.05) is 32.5 Å². The van der Waals surface area contributed by atoms with Gasteiger partial charge in [-0.2, -0.15) is 5.26 Å². The SMILES string of the molecule is COCCN(CCC#N)C(=O)c1cccc([N+](=O)[O-])c1N. The van der Waals surface area contributed by atoms with Crippen molar-refractivity contribution < 1.29 is 14.5 Å². The largest absolute Gasteiger partial charge is 0.393 e. The van der Waals surface area contributed by atoms with Gasteiger partial charge in [0.25, 0.3) is 11.6 Å². The lowest BCUT2D eigenvalue weighted by Crippen LogP contribution is -2.35. The van der Waals surface area contributed by atoms with Crippen LogP contribution in [0.4, 0.5) is 11.4 Å². The number of hydrogen-bond acceptors (Lipinski definition) is 6. The number of carbonyl (C=O) groups is 1. The normalized spacial score (nSPS) is 9.90. The number of nitrogen functional groups attached to an aromatic ring is 1. The van der Waals surface area contributed by atoms with E-state index in [1.807, 2.05) is 6.07 Å². The van der Waals surface area contributed by atoms with Gasteiger partial charge in [0, 0.05) is 26.3 Å². The summed E-state index contributed by atoms with van der Waals surface area (Å²) < 4.78 is 4.91. The zero-order chi connectivity index (χ0) is 15.8. The van der Waals surface area contributed by atoms with Crippen LogP contribution < -0.4 is 5.73 Å². The summed E-state index contributed by atoms with van der Waals surface area (Å²) in [4.78, 5) is 24.0. The van der Waals surface area contributed by atoms with Gasteiger partial charge in [-0.3, -0.25) is 14.9 Å². The van der Waals surface area contributed by atoms with Gasteiger partial charge >= 0.3 is 0 Å². The van der Waals surface area contributed by atoms with Crippen molar-refractivity contribution in [3.05, 3.63) is 33.9 Å². The Labute approximate surface area is 121 Å². The van der Waals surface area contributed by atoms with Gasteiger partial charge in [0.2, 0.25) is 0 Å². The van der Waals surface area contributed by atoms with Crippen molar-refractivity contribution in [3.63, 3.8) is 0 Å². The van der Waals surface area contributed by atoms with Gasteiger partial charge in [-0.25, -0.2) is 0 Å². The number of amides is 1. The Hall–Kier alpha value is -2.66. The summed E-state index contributed by atoms with van der Waals surface area (Å²) >= 11 is 0. The number of nitriles is 1. The molecular weight excluding hydrogens is 276 g/mol. The smallest absolute Gasteiger partial charge is 0.292 e. The van der Waals surface area contributed by atoms with Crippen molar-refractivity contribution in [1.82, 2.24) is 4.90 Å². The molecule has 8 heteroatoms. The predicted molar refractivity (Wildman–Crippen MR) is 75.5 cm³/mol. The van der Waals surface area contributed by atoms with Crippen LogP contribution in [0.2, 0.25) is 0 Å². The quantitative estimate of drug-likeness (QED) is 0.457. The van der Waals surface area contributed by atoms with E-state index in [1.54, 1.807) is 0 Å². The average molecular weight is 292 g/mol. The molecule has 0 aliphatic rings. The Balaban J connectivity index is 3.05. The van der Waals surface area contributed by atoms with E-state index in [2.05, 4.69) is 0 Å². The van der Waals surface area contributed by atoms with Gasteiger partial charge in [-0.1, -0.05) is 6.07 Å². The summed E-state index contributed by atoms with van der Waals surface area (Å²) in [6.45, 7) is 0.784. The Morgan fingerprint density at radius 2 is 2.24 bits per heavy atom. The third-order valence-electron chi connectivity index (χ3n) is 2.86. The number of nitro groups is 1. The minimum absolute atomic E-state index is 0.0539. The number of rotatable bonds is 7. The lowest BCUT2D eigenvalue weighted by Gasteiger charge is -2.21. The van der Waals surface area contributed by atoms with Crippen LogP contribution in [0.5, 0.6) is 0 Å². The van der Waals surface area contributed by atoms with Crippen LogP contribution in [0.1, 0.15) is 16.8 Å². The number of para-hydroxylation sites is 1. The Morgan fingerprint density at radius 1 is 1.52 bits per heavy atom. The molecule has 0 heterocycles. The van der Waals surface area contributed by atoms with E-state index in [9.17, 15) is 14.9 Å². The number of nitro benzene ring substituents is 1. The third kappa shape index (κ3) is 4.15. The zero-order valence-electron chi connectivity index (χ0n) is 11.6. The maximum atomic E-state index is 12.4. The van der Waals surface area contributed by atoms with E-state index in [0.29, 0.717) is 6.61 Å². The van der Waals surface area contributed by atoms with Crippen LogP contribution in [0.15, 0.2) is 18.2 Å². The fourth-order valence-corrected chi connectivity index (χ4v) is 1.77. The molecule has 0 bridgehead atoms. The monoisotopic (exact) mass is 292 g/mol. The number of hydrogen-bond donors (Lipinski definition) is 1. The third-order valence-corrected chi connectivity index (χ3v) is 2.86. The first-order valence-electron chi connectivity index (χ1n) is 6.21. The lowest BCUT2D eigenvalue weighted by molar-refractivity contribution is -0.383. The van der Waals surface area contributed by atoms with Gasteiger partial charge in [0.1, 0.15) is 5.69 Å². The second-order valence-electron chi connectivity index (χ2n) is 4.19. The van der Waals surface area contributed by atoms with Crippen molar-refractivity contribution >= 4 is 17.3 Å². The minimum Gasteiger partial charge on any atom is -0.393 e. The number of anilines is 1. The Kier molecular flexibility index (Phi) is 6.10. The number of nitrogens with two attached hydrogens (primary N) is 1. The molecule has 0 saturated carbocycles. The molecule has 0 aromatic heterocycles. The topological polar surface area (TPSA) is 122 Å². The molecule has 8 nitrogen and oxygen atoms in total. The second kappa shape index (κ2) is 7.81. The first-order valence-corrected chi connectivity index (χ1v) is 6.21. The summed E-state index contributed by atoms with van der Waals surface area (Å²) in [5, 5.41) is 19.5. The van der Waals surface area contributed by atoms with Crippen LogP contribution >= 0.6 is 0 Å². The molecule has 1 rings (SSSR count). The number of methoxy groups -OCH3 is 1. The summed E-state index contributed by atoms with van der Waals surface area (Å²) in [6, 6.07) is 6.02. The van der Waals surface area contributed by atoms with Crippen LogP contribution in [-0.4, -0.2) is 42.5 Å². The number of nitrogens with zero attached hydrogens (tertiary/aromatic N) is 3. The molecule has 0 radical (unpaired) electrons. The van der Waals surface area contributed by atoms with E-state index in [0.717, 1.165) is 0 Å². The molecule has 0 aliphatic carbocycles. The van der Waals surface area contributed by atoms with Crippen LogP contribution in [0.3, 0.4) is 0 Å². The highest BCUT2D eigenvalue weighted by Gasteiger charge is 2.22. The zero-order valence-corrected chi connectivity index (χ0v) is 11.6. The molecule has 0 unspecified atom stereocenters. The van der Waals surface area contributed by atoms with E-state index in [4.69, 9.17) is 15.7 Å². The molecule has 21 heavy (non-hydrogen) atoms. The summed E-state index contributed by atoms with van der Waals surface area (Å²) in [5.41, 5.74) is 5.26.